The normalized spacial score (nSPS) is 19.1. The molecule has 0 aliphatic carbocycles. The number of H-pyrrole nitrogens is 1. The third kappa shape index (κ3) is 2.38. The molecule has 0 bridgehead atoms. The average molecular weight is 318 g/mol. The lowest BCUT2D eigenvalue weighted by Crippen LogP contribution is -2.46. The van der Waals surface area contributed by atoms with Gasteiger partial charge in [0, 0.05) is 22.6 Å². The van der Waals surface area contributed by atoms with Crippen LogP contribution < -0.4 is 16.4 Å². The van der Waals surface area contributed by atoms with Crippen LogP contribution in [0.5, 0.6) is 0 Å². The average Bonchev–Trinajstić information content (AvgIpc) is 3.03. The molecule has 1 aromatic heterocycles. The summed E-state index contributed by atoms with van der Waals surface area (Å²) in [5, 5.41) is 14.3. The van der Waals surface area contributed by atoms with Crippen molar-refractivity contribution in [1.29, 1.82) is 0 Å². The molecule has 2 aromatic carbocycles. The molecule has 4 rings (SSSR count). The Kier molecular flexibility index (Phi) is 3.23. The first-order valence-corrected chi connectivity index (χ1v) is 7.75. The number of aryl methyl sites for hydroxylation is 1. The number of rotatable bonds is 3. The molecule has 1 unspecified atom stereocenters. The Bertz CT molecular complexity index is 899. The van der Waals surface area contributed by atoms with E-state index in [1.807, 2.05) is 67.6 Å². The molecule has 0 fully saturated rings. The summed E-state index contributed by atoms with van der Waals surface area (Å²) in [7, 11) is 0. The van der Waals surface area contributed by atoms with E-state index < -0.39 is 5.79 Å². The Morgan fingerprint density at radius 2 is 1.79 bits per heavy atom. The minimum atomic E-state index is -0.968. The van der Waals surface area contributed by atoms with Crippen molar-refractivity contribution >= 4 is 17.2 Å². The summed E-state index contributed by atoms with van der Waals surface area (Å²) in [5.74, 6) is -0.502. The number of nitrogens with zero attached hydrogens (tertiary/aromatic N) is 2. The lowest BCUT2D eigenvalue weighted by atomic mass is 10.1. The van der Waals surface area contributed by atoms with Crippen LogP contribution in [-0.2, 0) is 5.79 Å². The van der Waals surface area contributed by atoms with Gasteiger partial charge in [-0.1, -0.05) is 30.3 Å². The number of nitrogens with two attached hydrogens (primary N) is 1. The quantitative estimate of drug-likeness (QED) is 0.597. The Morgan fingerprint density at radius 1 is 1.04 bits per heavy atom. The van der Waals surface area contributed by atoms with Gasteiger partial charge < -0.3 is 16.4 Å². The first kappa shape index (κ1) is 14.3. The summed E-state index contributed by atoms with van der Waals surface area (Å²) >= 11 is 0. The van der Waals surface area contributed by atoms with Crippen LogP contribution in [0, 0.1) is 6.92 Å². The van der Waals surface area contributed by atoms with Gasteiger partial charge in [0.25, 0.3) is 5.79 Å². The summed E-state index contributed by atoms with van der Waals surface area (Å²) in [6.07, 6.45) is 0. The van der Waals surface area contributed by atoms with Gasteiger partial charge in [0.05, 0.1) is 0 Å². The molecule has 6 nitrogen and oxygen atoms in total. The Hall–Kier alpha value is -3.28. The van der Waals surface area contributed by atoms with Crippen molar-refractivity contribution in [2.75, 3.05) is 10.6 Å². The van der Waals surface area contributed by atoms with Crippen molar-refractivity contribution in [1.82, 2.24) is 10.2 Å². The molecule has 0 radical (unpaired) electrons. The molecule has 6 heteroatoms. The molecule has 5 N–H and O–H groups in total. The number of aromatic nitrogens is 2. The number of fused-ring (bicyclic) bond motifs is 1. The van der Waals surface area contributed by atoms with Gasteiger partial charge in [-0.3, -0.25) is 5.10 Å². The van der Waals surface area contributed by atoms with E-state index in [0.29, 0.717) is 5.84 Å². The number of benzene rings is 2. The van der Waals surface area contributed by atoms with E-state index in [4.69, 9.17) is 10.7 Å². The zero-order chi connectivity index (χ0) is 16.6. The van der Waals surface area contributed by atoms with Crippen molar-refractivity contribution in [2.45, 2.75) is 12.7 Å². The van der Waals surface area contributed by atoms with Gasteiger partial charge in [-0.05, 0) is 37.3 Å². The highest BCUT2D eigenvalue weighted by atomic mass is 15.4. The van der Waals surface area contributed by atoms with Crippen molar-refractivity contribution in [2.24, 2.45) is 10.7 Å². The van der Waals surface area contributed by atoms with E-state index >= 15 is 0 Å². The fraction of sp³-hybridized carbons (Fsp3) is 0.111. The number of hydrogen-bond donors (Lipinski definition) is 4. The van der Waals surface area contributed by atoms with Gasteiger partial charge in [0.1, 0.15) is 11.5 Å². The Morgan fingerprint density at radius 3 is 2.54 bits per heavy atom. The second-order valence-corrected chi connectivity index (χ2v) is 5.81. The molecule has 1 aliphatic rings. The van der Waals surface area contributed by atoms with E-state index in [9.17, 15) is 0 Å². The predicted molar refractivity (Wildman–Crippen MR) is 95.9 cm³/mol. The lowest BCUT2D eigenvalue weighted by molar-refractivity contribution is 0.567. The number of para-hydroxylation sites is 2. The van der Waals surface area contributed by atoms with Gasteiger partial charge in [0.2, 0.25) is 0 Å². The van der Waals surface area contributed by atoms with Crippen LogP contribution in [0.15, 0.2) is 65.7 Å². The number of anilines is 2. The number of nitrogens with one attached hydrogen (secondary N) is 3. The number of aliphatic imine (C=N–C) groups is 1. The van der Waals surface area contributed by atoms with Crippen LogP contribution in [0.4, 0.5) is 11.4 Å². The fourth-order valence-electron chi connectivity index (χ4n) is 2.86. The smallest absolute Gasteiger partial charge is 0.253 e. The maximum Gasteiger partial charge on any atom is 0.253 e. The van der Waals surface area contributed by atoms with Crippen molar-refractivity contribution in [3.63, 3.8) is 0 Å². The van der Waals surface area contributed by atoms with Gasteiger partial charge in [0.15, 0.2) is 0 Å². The second kappa shape index (κ2) is 5.42. The van der Waals surface area contributed by atoms with Gasteiger partial charge in [-0.25, -0.2) is 4.99 Å². The molecule has 0 spiro atoms. The highest BCUT2D eigenvalue weighted by molar-refractivity contribution is 6.04. The summed E-state index contributed by atoms with van der Waals surface area (Å²) in [6, 6.07) is 19.7. The molecule has 2 heterocycles. The largest absolute Gasteiger partial charge is 0.383 e. The first-order valence-electron chi connectivity index (χ1n) is 7.75. The molecule has 0 saturated heterocycles. The van der Waals surface area contributed by atoms with Crippen molar-refractivity contribution in [3.05, 3.63) is 77.6 Å². The summed E-state index contributed by atoms with van der Waals surface area (Å²) in [6.45, 7) is 1.95. The fourth-order valence-corrected chi connectivity index (χ4v) is 2.86. The Balaban J connectivity index is 1.85. The minimum Gasteiger partial charge on any atom is -0.383 e. The topological polar surface area (TPSA) is 91.1 Å². The van der Waals surface area contributed by atoms with Crippen LogP contribution in [0.25, 0.3) is 0 Å². The van der Waals surface area contributed by atoms with Crippen LogP contribution in [0.3, 0.4) is 0 Å². The highest BCUT2D eigenvalue weighted by Gasteiger charge is 2.38. The number of hydrogen-bond acceptors (Lipinski definition) is 5. The van der Waals surface area contributed by atoms with E-state index in [1.165, 1.54) is 0 Å². The monoisotopic (exact) mass is 318 g/mol. The third-order valence-electron chi connectivity index (χ3n) is 3.98. The number of aromatic amines is 1. The van der Waals surface area contributed by atoms with Gasteiger partial charge >= 0.3 is 0 Å². The second-order valence-electron chi connectivity index (χ2n) is 5.81. The zero-order valence-electron chi connectivity index (χ0n) is 13.2. The predicted octanol–water partition coefficient (Wildman–Crippen LogP) is 2.77. The first-order chi connectivity index (χ1) is 11.7. The van der Waals surface area contributed by atoms with Crippen molar-refractivity contribution < 1.29 is 0 Å². The van der Waals surface area contributed by atoms with E-state index in [2.05, 4.69) is 20.8 Å². The summed E-state index contributed by atoms with van der Waals surface area (Å²) in [5.41, 5.74) is 10.6. The molecule has 0 amide bonds. The molecule has 24 heavy (non-hydrogen) atoms. The third-order valence-corrected chi connectivity index (χ3v) is 3.98. The SMILES string of the molecule is Cc1cc(C2(Nc3ccccc3)N=C(N)c3ccccc3N2)n[nH]1. The molecule has 3 aromatic rings. The Labute approximate surface area is 139 Å². The maximum absolute atomic E-state index is 6.25. The minimum absolute atomic E-state index is 0.466. The maximum atomic E-state index is 6.25. The molecule has 120 valence electrons. The molecular weight excluding hydrogens is 300 g/mol. The molecule has 1 aliphatic heterocycles. The van der Waals surface area contributed by atoms with Gasteiger partial charge in [-0.15, -0.1) is 0 Å². The highest BCUT2D eigenvalue weighted by Crippen LogP contribution is 2.34. The van der Waals surface area contributed by atoms with Crippen molar-refractivity contribution in [3.8, 4) is 0 Å². The molecule has 0 saturated carbocycles. The standard InChI is InChI=1S/C18H18N6/c1-12-11-16(24-23-12)18(20-13-7-3-2-4-8-13)21-15-10-6-5-9-14(15)17(19)22-18/h2-11,20-21H,1H3,(H2,19,22)(H,23,24). The summed E-state index contributed by atoms with van der Waals surface area (Å²) in [4.78, 5) is 4.72. The van der Waals surface area contributed by atoms with Crippen LogP contribution >= 0.6 is 0 Å². The van der Waals surface area contributed by atoms with E-state index in [1.54, 1.807) is 0 Å². The van der Waals surface area contributed by atoms with Crippen LogP contribution in [0.1, 0.15) is 17.0 Å². The van der Waals surface area contributed by atoms with E-state index in [-0.39, 0.29) is 0 Å². The van der Waals surface area contributed by atoms with Gasteiger partial charge in [-0.2, -0.15) is 5.10 Å². The summed E-state index contributed by atoms with van der Waals surface area (Å²) < 4.78 is 0. The molecular formula is C18H18N6. The van der Waals surface area contributed by atoms with Crippen LogP contribution in [-0.4, -0.2) is 16.0 Å². The lowest BCUT2D eigenvalue weighted by Gasteiger charge is -2.36. The van der Waals surface area contributed by atoms with Crippen LogP contribution in [0.2, 0.25) is 0 Å². The molecule has 1 atom stereocenters. The number of amidine groups is 1. The van der Waals surface area contributed by atoms with E-state index in [0.717, 1.165) is 28.3 Å². The zero-order valence-corrected chi connectivity index (χ0v) is 13.2.